The van der Waals surface area contributed by atoms with Gasteiger partial charge in [-0.1, -0.05) is 6.07 Å². The fourth-order valence-corrected chi connectivity index (χ4v) is 1.58. The van der Waals surface area contributed by atoms with Gasteiger partial charge in [-0.25, -0.2) is 14.4 Å². The van der Waals surface area contributed by atoms with Crippen LogP contribution in [0.4, 0.5) is 15.9 Å². The SMILES string of the molecule is COCCNc1cnc(C(=O)Nc2cccc(F)c2)cn1. The first-order valence-corrected chi connectivity index (χ1v) is 6.31. The van der Waals surface area contributed by atoms with Crippen molar-refractivity contribution in [3.8, 4) is 0 Å². The molecule has 1 heterocycles. The van der Waals surface area contributed by atoms with Gasteiger partial charge in [0.15, 0.2) is 0 Å². The minimum atomic E-state index is -0.448. The van der Waals surface area contributed by atoms with Crippen molar-refractivity contribution >= 4 is 17.4 Å². The molecule has 6 nitrogen and oxygen atoms in total. The molecule has 0 saturated carbocycles. The van der Waals surface area contributed by atoms with E-state index in [2.05, 4.69) is 20.6 Å². The Morgan fingerprint density at radius 2 is 2.19 bits per heavy atom. The van der Waals surface area contributed by atoms with Gasteiger partial charge in [0, 0.05) is 19.3 Å². The number of hydrogen-bond acceptors (Lipinski definition) is 5. The van der Waals surface area contributed by atoms with Gasteiger partial charge in [-0.15, -0.1) is 0 Å². The first-order valence-electron chi connectivity index (χ1n) is 6.31. The zero-order valence-electron chi connectivity index (χ0n) is 11.5. The van der Waals surface area contributed by atoms with E-state index >= 15 is 0 Å². The van der Waals surface area contributed by atoms with Gasteiger partial charge >= 0.3 is 0 Å². The third-order valence-electron chi connectivity index (χ3n) is 2.58. The molecule has 2 N–H and O–H groups in total. The highest BCUT2D eigenvalue weighted by molar-refractivity contribution is 6.02. The van der Waals surface area contributed by atoms with Gasteiger partial charge in [-0.05, 0) is 18.2 Å². The van der Waals surface area contributed by atoms with Crippen molar-refractivity contribution in [2.45, 2.75) is 0 Å². The molecule has 7 heteroatoms. The maximum Gasteiger partial charge on any atom is 0.275 e. The lowest BCUT2D eigenvalue weighted by Crippen LogP contribution is -2.15. The Morgan fingerprint density at radius 1 is 1.33 bits per heavy atom. The zero-order chi connectivity index (χ0) is 15.1. The van der Waals surface area contributed by atoms with Crippen LogP contribution in [0.2, 0.25) is 0 Å². The van der Waals surface area contributed by atoms with Crippen LogP contribution in [-0.4, -0.2) is 36.1 Å². The van der Waals surface area contributed by atoms with E-state index in [1.807, 2.05) is 0 Å². The van der Waals surface area contributed by atoms with Crippen molar-refractivity contribution < 1.29 is 13.9 Å². The predicted octanol–water partition coefficient (Wildman–Crippen LogP) is 1.93. The second-order valence-electron chi connectivity index (χ2n) is 4.17. The van der Waals surface area contributed by atoms with Gasteiger partial charge in [-0.3, -0.25) is 4.79 Å². The van der Waals surface area contributed by atoms with E-state index < -0.39 is 11.7 Å². The lowest BCUT2D eigenvalue weighted by molar-refractivity contribution is 0.102. The summed E-state index contributed by atoms with van der Waals surface area (Å²) < 4.78 is 17.9. The Labute approximate surface area is 121 Å². The average Bonchev–Trinajstić information content (AvgIpc) is 2.48. The maximum atomic E-state index is 13.0. The summed E-state index contributed by atoms with van der Waals surface area (Å²) in [6.07, 6.45) is 2.81. The molecule has 2 rings (SSSR count). The van der Waals surface area contributed by atoms with E-state index in [0.717, 1.165) is 0 Å². The van der Waals surface area contributed by atoms with Crippen LogP contribution < -0.4 is 10.6 Å². The fourth-order valence-electron chi connectivity index (χ4n) is 1.58. The van der Waals surface area contributed by atoms with E-state index in [0.29, 0.717) is 24.7 Å². The van der Waals surface area contributed by atoms with Crippen molar-refractivity contribution in [1.29, 1.82) is 0 Å². The zero-order valence-corrected chi connectivity index (χ0v) is 11.5. The van der Waals surface area contributed by atoms with Crippen LogP contribution in [0.15, 0.2) is 36.7 Å². The van der Waals surface area contributed by atoms with Crippen molar-refractivity contribution in [2.75, 3.05) is 30.9 Å². The normalized spacial score (nSPS) is 10.2. The number of rotatable bonds is 6. The summed E-state index contributed by atoms with van der Waals surface area (Å²) in [7, 11) is 1.60. The number of anilines is 2. The third kappa shape index (κ3) is 4.50. The van der Waals surface area contributed by atoms with E-state index in [4.69, 9.17) is 4.74 Å². The molecular weight excluding hydrogens is 275 g/mol. The molecule has 0 atom stereocenters. The molecule has 0 saturated heterocycles. The molecule has 1 aromatic carbocycles. The average molecular weight is 290 g/mol. The van der Waals surface area contributed by atoms with Crippen LogP contribution in [0, 0.1) is 5.82 Å². The van der Waals surface area contributed by atoms with Crippen LogP contribution in [0.1, 0.15) is 10.5 Å². The third-order valence-corrected chi connectivity index (χ3v) is 2.58. The van der Waals surface area contributed by atoms with E-state index in [1.54, 1.807) is 13.2 Å². The molecular formula is C14H15FN4O2. The van der Waals surface area contributed by atoms with Gasteiger partial charge in [-0.2, -0.15) is 0 Å². The highest BCUT2D eigenvalue weighted by Gasteiger charge is 2.08. The van der Waals surface area contributed by atoms with Gasteiger partial charge in [0.05, 0.1) is 19.0 Å². The molecule has 21 heavy (non-hydrogen) atoms. The second-order valence-corrected chi connectivity index (χ2v) is 4.17. The smallest absolute Gasteiger partial charge is 0.275 e. The molecule has 0 aliphatic rings. The summed E-state index contributed by atoms with van der Waals surface area (Å²) in [4.78, 5) is 20.0. The van der Waals surface area contributed by atoms with E-state index in [-0.39, 0.29) is 5.69 Å². The Morgan fingerprint density at radius 3 is 2.86 bits per heavy atom. The Kier molecular flexibility index (Phi) is 5.16. The minimum Gasteiger partial charge on any atom is -0.383 e. The molecule has 1 amide bonds. The van der Waals surface area contributed by atoms with Gasteiger partial charge in [0.1, 0.15) is 17.3 Å². The summed E-state index contributed by atoms with van der Waals surface area (Å²) in [5, 5.41) is 5.54. The number of carbonyl (C=O) groups is 1. The standard InChI is InChI=1S/C14H15FN4O2/c1-21-6-5-16-13-9-17-12(8-18-13)14(20)19-11-4-2-3-10(15)7-11/h2-4,7-9H,5-6H2,1H3,(H,16,18)(H,19,20). The molecule has 0 aliphatic heterocycles. The van der Waals surface area contributed by atoms with Crippen molar-refractivity contribution in [2.24, 2.45) is 0 Å². The predicted molar refractivity (Wildman–Crippen MR) is 76.8 cm³/mol. The number of aromatic nitrogens is 2. The Bertz CT molecular complexity index is 604. The van der Waals surface area contributed by atoms with Gasteiger partial charge < -0.3 is 15.4 Å². The number of halogens is 1. The number of benzene rings is 1. The first-order chi connectivity index (χ1) is 10.2. The molecule has 0 radical (unpaired) electrons. The number of methoxy groups -OCH3 is 1. The summed E-state index contributed by atoms with van der Waals surface area (Å²) >= 11 is 0. The first kappa shape index (κ1) is 14.9. The topological polar surface area (TPSA) is 76.1 Å². The van der Waals surface area contributed by atoms with Crippen molar-refractivity contribution in [1.82, 2.24) is 9.97 Å². The van der Waals surface area contributed by atoms with Gasteiger partial charge in [0.2, 0.25) is 0 Å². The van der Waals surface area contributed by atoms with Gasteiger partial charge in [0.25, 0.3) is 5.91 Å². The molecule has 1 aromatic heterocycles. The van der Waals surface area contributed by atoms with Crippen LogP contribution in [-0.2, 0) is 4.74 Å². The van der Waals surface area contributed by atoms with Crippen LogP contribution in [0.3, 0.4) is 0 Å². The number of nitrogens with one attached hydrogen (secondary N) is 2. The second kappa shape index (κ2) is 7.30. The number of nitrogens with zero attached hydrogens (tertiary/aromatic N) is 2. The summed E-state index contributed by atoms with van der Waals surface area (Å²) in [6, 6.07) is 5.64. The van der Waals surface area contributed by atoms with Crippen molar-refractivity contribution in [3.63, 3.8) is 0 Å². The molecule has 0 spiro atoms. The van der Waals surface area contributed by atoms with Crippen LogP contribution >= 0.6 is 0 Å². The Balaban J connectivity index is 1.96. The molecule has 0 aliphatic carbocycles. The summed E-state index contributed by atoms with van der Waals surface area (Å²) in [5.41, 5.74) is 0.514. The summed E-state index contributed by atoms with van der Waals surface area (Å²) in [5.74, 6) is -0.317. The lowest BCUT2D eigenvalue weighted by atomic mass is 10.3. The van der Waals surface area contributed by atoms with E-state index in [9.17, 15) is 9.18 Å². The highest BCUT2D eigenvalue weighted by Crippen LogP contribution is 2.10. The molecule has 2 aromatic rings. The monoisotopic (exact) mass is 290 g/mol. The van der Waals surface area contributed by atoms with Crippen LogP contribution in [0.25, 0.3) is 0 Å². The number of ether oxygens (including phenoxy) is 1. The molecule has 110 valence electrons. The number of amides is 1. The Hall–Kier alpha value is -2.54. The molecule has 0 fully saturated rings. The molecule has 0 bridgehead atoms. The fraction of sp³-hybridized carbons (Fsp3) is 0.214. The van der Waals surface area contributed by atoms with Crippen molar-refractivity contribution in [3.05, 3.63) is 48.2 Å². The lowest BCUT2D eigenvalue weighted by Gasteiger charge is -2.06. The highest BCUT2D eigenvalue weighted by atomic mass is 19.1. The summed E-state index contributed by atoms with van der Waals surface area (Å²) in [6.45, 7) is 1.14. The number of carbonyl (C=O) groups excluding carboxylic acids is 1. The van der Waals surface area contributed by atoms with E-state index in [1.165, 1.54) is 30.6 Å². The maximum absolute atomic E-state index is 13.0. The quantitative estimate of drug-likeness (QED) is 0.795. The molecule has 0 unspecified atom stereocenters. The van der Waals surface area contributed by atoms with Crippen LogP contribution in [0.5, 0.6) is 0 Å². The largest absolute Gasteiger partial charge is 0.383 e. The number of hydrogen-bond donors (Lipinski definition) is 2. The minimum absolute atomic E-state index is 0.150.